The Balaban J connectivity index is 1.44. The first-order chi connectivity index (χ1) is 16.8. The van der Waals surface area contributed by atoms with Crippen LogP contribution in [0, 0.1) is 6.92 Å². The van der Waals surface area contributed by atoms with Crippen LogP contribution in [0.25, 0.3) is 0 Å². The standard InChI is InChI=1S/C28H38N2O5/c1-20(2)34-26-11-6-22(16-21(26)3)27(31)29-14-12-28(13-15-29)19-30(17-25(35-28)18-32-4)23-7-9-24(33-5)10-8-23/h6-11,16,20,25H,12-15,17-19H2,1-5H3. The molecule has 35 heavy (non-hydrogen) atoms. The lowest BCUT2D eigenvalue weighted by Gasteiger charge is -2.50. The average molecular weight is 483 g/mol. The average Bonchev–Trinajstić information content (AvgIpc) is 2.85. The van der Waals surface area contributed by atoms with Crippen molar-refractivity contribution < 1.29 is 23.7 Å². The highest BCUT2D eigenvalue weighted by atomic mass is 16.5. The molecule has 0 aromatic heterocycles. The smallest absolute Gasteiger partial charge is 0.253 e. The maximum atomic E-state index is 13.3. The van der Waals surface area contributed by atoms with Crippen molar-refractivity contribution in [2.45, 2.75) is 51.4 Å². The van der Waals surface area contributed by atoms with E-state index in [2.05, 4.69) is 17.0 Å². The van der Waals surface area contributed by atoms with Crippen LogP contribution in [0.3, 0.4) is 0 Å². The molecular formula is C28H38N2O5. The van der Waals surface area contributed by atoms with E-state index in [1.165, 1.54) is 0 Å². The van der Waals surface area contributed by atoms with Gasteiger partial charge in [-0.2, -0.15) is 0 Å². The number of aryl methyl sites for hydroxylation is 1. The molecule has 7 heteroatoms. The number of benzene rings is 2. The summed E-state index contributed by atoms with van der Waals surface area (Å²) in [4.78, 5) is 17.6. The molecule has 1 atom stereocenters. The SMILES string of the molecule is COCC1CN(c2ccc(OC)cc2)CC2(CCN(C(=O)c3ccc(OC(C)C)c(C)c3)CC2)O1. The number of rotatable bonds is 7. The van der Waals surface area contributed by atoms with Gasteiger partial charge in [0.05, 0.1) is 31.5 Å². The first kappa shape index (κ1) is 25.3. The molecule has 0 bridgehead atoms. The van der Waals surface area contributed by atoms with Gasteiger partial charge < -0.3 is 28.7 Å². The molecule has 2 aliphatic heterocycles. The number of methoxy groups -OCH3 is 2. The second-order valence-corrected chi connectivity index (χ2v) is 9.90. The van der Waals surface area contributed by atoms with Gasteiger partial charge in [-0.05, 0) is 81.6 Å². The van der Waals surface area contributed by atoms with Crippen molar-refractivity contribution in [1.82, 2.24) is 4.90 Å². The first-order valence-electron chi connectivity index (χ1n) is 12.4. The van der Waals surface area contributed by atoms with E-state index in [9.17, 15) is 4.79 Å². The van der Waals surface area contributed by atoms with Crippen LogP contribution in [0.2, 0.25) is 0 Å². The Hall–Kier alpha value is -2.77. The highest BCUT2D eigenvalue weighted by Crippen LogP contribution is 2.35. The molecule has 1 spiro atoms. The summed E-state index contributed by atoms with van der Waals surface area (Å²) in [6.07, 6.45) is 1.66. The summed E-state index contributed by atoms with van der Waals surface area (Å²) in [6, 6.07) is 13.9. The lowest BCUT2D eigenvalue weighted by Crippen LogP contribution is -2.61. The summed E-state index contributed by atoms with van der Waals surface area (Å²) in [5.41, 5.74) is 2.53. The van der Waals surface area contributed by atoms with Crippen LogP contribution in [-0.2, 0) is 9.47 Å². The van der Waals surface area contributed by atoms with E-state index in [-0.39, 0.29) is 23.7 Å². The highest BCUT2D eigenvalue weighted by Gasteiger charge is 2.44. The van der Waals surface area contributed by atoms with Crippen LogP contribution in [0.15, 0.2) is 42.5 Å². The summed E-state index contributed by atoms with van der Waals surface area (Å²) in [5, 5.41) is 0. The van der Waals surface area contributed by atoms with Crippen molar-refractivity contribution in [3.05, 3.63) is 53.6 Å². The number of amides is 1. The quantitative estimate of drug-likeness (QED) is 0.586. The molecule has 2 heterocycles. The molecule has 7 nitrogen and oxygen atoms in total. The normalized spacial score (nSPS) is 19.8. The third kappa shape index (κ3) is 5.90. The summed E-state index contributed by atoms with van der Waals surface area (Å²) >= 11 is 0. The number of ether oxygens (including phenoxy) is 4. The van der Waals surface area contributed by atoms with Crippen molar-refractivity contribution >= 4 is 11.6 Å². The number of carbonyl (C=O) groups is 1. The zero-order valence-corrected chi connectivity index (χ0v) is 21.6. The molecule has 0 N–H and O–H groups in total. The second kappa shape index (κ2) is 10.9. The molecule has 2 saturated heterocycles. The van der Waals surface area contributed by atoms with Crippen LogP contribution in [0.1, 0.15) is 42.6 Å². The van der Waals surface area contributed by atoms with Crippen LogP contribution in [-0.4, -0.2) is 75.6 Å². The van der Waals surface area contributed by atoms with Crippen molar-refractivity contribution in [2.75, 3.05) is 51.9 Å². The number of piperidine rings is 1. The van der Waals surface area contributed by atoms with E-state index in [1.807, 2.05) is 56.0 Å². The molecule has 0 radical (unpaired) electrons. The van der Waals surface area contributed by atoms with Gasteiger partial charge in [0, 0.05) is 44.5 Å². The number of nitrogens with zero attached hydrogens (tertiary/aromatic N) is 2. The van der Waals surface area contributed by atoms with Gasteiger partial charge in [-0.3, -0.25) is 4.79 Å². The minimum atomic E-state index is -0.303. The third-order valence-corrected chi connectivity index (χ3v) is 6.86. The summed E-state index contributed by atoms with van der Waals surface area (Å²) in [6.45, 7) is 9.43. The Morgan fingerprint density at radius 2 is 1.83 bits per heavy atom. The predicted octanol–water partition coefficient (Wildman–Crippen LogP) is 4.32. The summed E-state index contributed by atoms with van der Waals surface area (Å²) in [7, 11) is 3.39. The molecule has 2 aliphatic rings. The number of hydrogen-bond acceptors (Lipinski definition) is 6. The van der Waals surface area contributed by atoms with E-state index in [0.29, 0.717) is 25.3 Å². The predicted molar refractivity (Wildman–Crippen MR) is 137 cm³/mol. The van der Waals surface area contributed by atoms with Gasteiger partial charge in [0.2, 0.25) is 0 Å². The van der Waals surface area contributed by atoms with Crippen molar-refractivity contribution in [1.29, 1.82) is 0 Å². The van der Waals surface area contributed by atoms with E-state index in [0.717, 1.165) is 48.7 Å². The van der Waals surface area contributed by atoms with Gasteiger partial charge in [0.1, 0.15) is 11.5 Å². The maximum Gasteiger partial charge on any atom is 0.253 e. The molecule has 190 valence electrons. The molecule has 4 rings (SSSR count). The van der Waals surface area contributed by atoms with E-state index in [4.69, 9.17) is 18.9 Å². The monoisotopic (exact) mass is 482 g/mol. The minimum absolute atomic E-state index is 0.0192. The largest absolute Gasteiger partial charge is 0.497 e. The molecular weight excluding hydrogens is 444 g/mol. The Labute approximate surface area is 208 Å². The lowest BCUT2D eigenvalue weighted by molar-refractivity contribution is -0.145. The molecule has 2 fully saturated rings. The summed E-state index contributed by atoms with van der Waals surface area (Å²) in [5.74, 6) is 1.74. The third-order valence-electron chi connectivity index (χ3n) is 6.86. The molecule has 1 amide bonds. The molecule has 1 unspecified atom stereocenters. The van der Waals surface area contributed by atoms with Gasteiger partial charge >= 0.3 is 0 Å². The van der Waals surface area contributed by atoms with Gasteiger partial charge in [-0.1, -0.05) is 0 Å². The van der Waals surface area contributed by atoms with Crippen LogP contribution < -0.4 is 14.4 Å². The van der Waals surface area contributed by atoms with E-state index >= 15 is 0 Å². The Kier molecular flexibility index (Phi) is 7.87. The molecule has 2 aromatic rings. The number of morpholine rings is 1. The topological polar surface area (TPSA) is 60.5 Å². The minimum Gasteiger partial charge on any atom is -0.497 e. The van der Waals surface area contributed by atoms with E-state index < -0.39 is 0 Å². The van der Waals surface area contributed by atoms with Gasteiger partial charge in [0.15, 0.2) is 0 Å². The van der Waals surface area contributed by atoms with Gasteiger partial charge in [0.25, 0.3) is 5.91 Å². The van der Waals surface area contributed by atoms with Crippen LogP contribution >= 0.6 is 0 Å². The van der Waals surface area contributed by atoms with Crippen molar-refractivity contribution in [3.8, 4) is 11.5 Å². The van der Waals surface area contributed by atoms with Gasteiger partial charge in [-0.25, -0.2) is 0 Å². The number of likely N-dealkylation sites (tertiary alicyclic amines) is 1. The Morgan fingerprint density at radius 3 is 2.43 bits per heavy atom. The Bertz CT molecular complexity index is 999. The van der Waals surface area contributed by atoms with E-state index in [1.54, 1.807) is 14.2 Å². The van der Waals surface area contributed by atoms with Crippen LogP contribution in [0.5, 0.6) is 11.5 Å². The zero-order valence-electron chi connectivity index (χ0n) is 21.6. The fourth-order valence-electron chi connectivity index (χ4n) is 5.09. The fourth-order valence-corrected chi connectivity index (χ4v) is 5.09. The van der Waals surface area contributed by atoms with Crippen molar-refractivity contribution in [3.63, 3.8) is 0 Å². The Morgan fingerprint density at radius 1 is 1.11 bits per heavy atom. The zero-order chi connectivity index (χ0) is 25.0. The highest BCUT2D eigenvalue weighted by molar-refractivity contribution is 5.94. The van der Waals surface area contributed by atoms with Crippen LogP contribution in [0.4, 0.5) is 5.69 Å². The van der Waals surface area contributed by atoms with Crippen molar-refractivity contribution in [2.24, 2.45) is 0 Å². The molecule has 0 aliphatic carbocycles. The summed E-state index contributed by atoms with van der Waals surface area (Å²) < 4.78 is 23.2. The number of hydrogen-bond donors (Lipinski definition) is 0. The van der Waals surface area contributed by atoms with Gasteiger partial charge in [-0.15, -0.1) is 0 Å². The first-order valence-corrected chi connectivity index (χ1v) is 12.4. The second-order valence-electron chi connectivity index (χ2n) is 9.90. The fraction of sp³-hybridized carbons (Fsp3) is 0.536. The number of anilines is 1. The molecule has 2 aromatic carbocycles. The molecule has 0 saturated carbocycles. The number of carbonyl (C=O) groups excluding carboxylic acids is 1. The lowest BCUT2D eigenvalue weighted by atomic mass is 9.88. The maximum absolute atomic E-state index is 13.3.